The number of hydrazine groups is 2. The number of nitrogens with zero attached hydrogens (tertiary/aromatic N) is 3. The molecule has 8 heteroatoms. The van der Waals surface area contributed by atoms with Gasteiger partial charge in [0.2, 0.25) is 0 Å². The van der Waals surface area contributed by atoms with Gasteiger partial charge in [-0.3, -0.25) is 25.2 Å². The summed E-state index contributed by atoms with van der Waals surface area (Å²) in [5.74, 6) is 6.49. The summed E-state index contributed by atoms with van der Waals surface area (Å²) in [6.07, 6.45) is 0. The van der Waals surface area contributed by atoms with Crippen molar-refractivity contribution < 1.29 is 0 Å². The normalized spacial score (nSPS) is 19.9. The molecule has 4 N–H and O–H groups in total. The number of rotatable bonds is 6. The van der Waals surface area contributed by atoms with Gasteiger partial charge in [-0.1, -0.05) is 55.4 Å². The standard InChI is InChI=1S/C12H32N6Si2/c1-9(2)16(10(3)4)19-14-15-20(18(19)13)17(11(5)6)12(7)8/h9-12,14-15H,13H2,1-8H3. The van der Waals surface area contributed by atoms with E-state index in [4.69, 9.17) is 5.84 Å². The fourth-order valence-electron chi connectivity index (χ4n) is 2.88. The molecule has 1 fully saturated rings. The Balaban J connectivity index is 2.88. The SMILES string of the molecule is CC(C)N(C(C)C)[Si]1NN[Si](N(C(C)C)C(C)C)N1N. The van der Waals surface area contributed by atoms with Crippen LogP contribution in [0.3, 0.4) is 0 Å². The number of hydrogen-bond donors (Lipinski definition) is 3. The lowest BCUT2D eigenvalue weighted by molar-refractivity contribution is 0.266. The molecule has 0 atom stereocenters. The van der Waals surface area contributed by atoms with Crippen molar-refractivity contribution >= 4 is 18.6 Å². The zero-order chi connectivity index (χ0) is 15.6. The third-order valence-electron chi connectivity index (χ3n) is 3.46. The van der Waals surface area contributed by atoms with Gasteiger partial charge in [0.1, 0.15) is 0 Å². The van der Waals surface area contributed by atoms with E-state index in [1.807, 2.05) is 0 Å². The molecule has 0 aromatic heterocycles. The minimum atomic E-state index is -1.10. The number of nitrogens with two attached hydrogens (primary N) is 1. The number of nitrogens with one attached hydrogen (secondary N) is 2. The maximum atomic E-state index is 6.49. The molecule has 0 saturated carbocycles. The second-order valence-electron chi connectivity index (χ2n) is 6.46. The second kappa shape index (κ2) is 7.45. The molecular formula is C12H32N6Si2. The van der Waals surface area contributed by atoms with Gasteiger partial charge in [0.15, 0.2) is 0 Å². The van der Waals surface area contributed by atoms with Crippen molar-refractivity contribution in [3.05, 3.63) is 0 Å². The average molecular weight is 317 g/mol. The molecule has 0 aromatic rings. The van der Waals surface area contributed by atoms with E-state index in [2.05, 4.69) is 79.0 Å². The van der Waals surface area contributed by atoms with Crippen LogP contribution in [0, 0.1) is 0 Å². The molecular weight excluding hydrogens is 284 g/mol. The van der Waals surface area contributed by atoms with E-state index in [-0.39, 0.29) is 0 Å². The molecule has 0 aromatic carbocycles. The zero-order valence-corrected chi connectivity index (χ0v) is 16.2. The predicted molar refractivity (Wildman–Crippen MR) is 88.0 cm³/mol. The molecule has 6 nitrogen and oxygen atoms in total. The fraction of sp³-hybridized carbons (Fsp3) is 1.00. The summed E-state index contributed by atoms with van der Waals surface area (Å²) in [5.41, 5.74) is 0. The van der Waals surface area contributed by atoms with Crippen LogP contribution in [0.15, 0.2) is 0 Å². The first-order valence-electron chi connectivity index (χ1n) is 7.55. The summed E-state index contributed by atoms with van der Waals surface area (Å²) in [5, 5.41) is 6.98. The monoisotopic (exact) mass is 316 g/mol. The summed E-state index contributed by atoms with van der Waals surface area (Å²) < 4.78 is 7.08. The quantitative estimate of drug-likeness (QED) is 0.489. The van der Waals surface area contributed by atoms with E-state index < -0.39 is 18.6 Å². The summed E-state index contributed by atoms with van der Waals surface area (Å²) in [6.45, 7) is 17.9. The van der Waals surface area contributed by atoms with Crippen LogP contribution in [0.4, 0.5) is 0 Å². The Morgan fingerprint density at radius 2 is 0.950 bits per heavy atom. The highest BCUT2D eigenvalue weighted by atomic mass is 28.4. The van der Waals surface area contributed by atoms with E-state index in [9.17, 15) is 0 Å². The predicted octanol–water partition coefficient (Wildman–Crippen LogP) is 0.477. The lowest BCUT2D eigenvalue weighted by Crippen LogP contribution is -2.67. The Kier molecular flexibility index (Phi) is 6.80. The maximum absolute atomic E-state index is 6.49. The van der Waals surface area contributed by atoms with Crippen molar-refractivity contribution in [1.82, 2.24) is 23.7 Å². The molecule has 1 aliphatic rings. The van der Waals surface area contributed by atoms with Crippen LogP contribution in [0.5, 0.6) is 0 Å². The van der Waals surface area contributed by atoms with Gasteiger partial charge in [0.05, 0.1) is 0 Å². The minimum Gasteiger partial charge on any atom is -0.293 e. The largest absolute Gasteiger partial charge is 0.348 e. The van der Waals surface area contributed by atoms with Crippen LogP contribution < -0.4 is 16.0 Å². The summed E-state index contributed by atoms with van der Waals surface area (Å²) >= 11 is 0. The van der Waals surface area contributed by atoms with Crippen LogP contribution in [0.2, 0.25) is 0 Å². The Morgan fingerprint density at radius 1 is 0.700 bits per heavy atom. The highest BCUT2D eigenvalue weighted by molar-refractivity contribution is 6.71. The number of hydrogen-bond acceptors (Lipinski definition) is 6. The topological polar surface area (TPSA) is 59.8 Å². The van der Waals surface area contributed by atoms with Gasteiger partial charge < -0.3 is 0 Å². The van der Waals surface area contributed by atoms with E-state index >= 15 is 0 Å². The third kappa shape index (κ3) is 3.89. The molecule has 0 bridgehead atoms. The minimum absolute atomic E-state index is 0.483. The lowest BCUT2D eigenvalue weighted by atomic mass is 10.3. The molecule has 1 aliphatic heterocycles. The Morgan fingerprint density at radius 3 is 1.15 bits per heavy atom. The third-order valence-corrected chi connectivity index (χ3v) is 9.63. The Hall–Kier alpha value is 0.194. The Bertz CT molecular complexity index is 256. The molecule has 0 aliphatic carbocycles. The van der Waals surface area contributed by atoms with E-state index in [0.29, 0.717) is 24.2 Å². The highest BCUT2D eigenvalue weighted by Crippen LogP contribution is 2.15. The van der Waals surface area contributed by atoms with Crippen LogP contribution in [-0.4, -0.2) is 56.2 Å². The maximum Gasteiger partial charge on any atom is 0.348 e. The highest BCUT2D eigenvalue weighted by Gasteiger charge is 2.46. The van der Waals surface area contributed by atoms with Gasteiger partial charge in [0, 0.05) is 0 Å². The van der Waals surface area contributed by atoms with Crippen molar-refractivity contribution in [2.75, 3.05) is 0 Å². The van der Waals surface area contributed by atoms with Crippen molar-refractivity contribution in [3.63, 3.8) is 0 Å². The molecule has 20 heavy (non-hydrogen) atoms. The van der Waals surface area contributed by atoms with Gasteiger partial charge in [-0.05, 0) is 24.2 Å². The van der Waals surface area contributed by atoms with E-state index in [1.54, 1.807) is 0 Å². The summed E-state index contributed by atoms with van der Waals surface area (Å²) in [4.78, 5) is 0. The molecule has 118 valence electrons. The lowest BCUT2D eigenvalue weighted by Gasteiger charge is -2.39. The molecule has 2 radical (unpaired) electrons. The van der Waals surface area contributed by atoms with Crippen LogP contribution >= 0.6 is 0 Å². The van der Waals surface area contributed by atoms with Crippen LogP contribution in [-0.2, 0) is 0 Å². The summed E-state index contributed by atoms with van der Waals surface area (Å²) in [7, 11) is -2.20. The van der Waals surface area contributed by atoms with Crippen molar-refractivity contribution in [3.8, 4) is 0 Å². The van der Waals surface area contributed by atoms with Crippen molar-refractivity contribution in [2.24, 2.45) is 5.84 Å². The first-order chi connectivity index (χ1) is 9.18. The molecule has 1 saturated heterocycles. The molecule has 0 unspecified atom stereocenters. The fourth-order valence-corrected chi connectivity index (χ4v) is 8.56. The average Bonchev–Trinajstić information content (AvgIpc) is 2.60. The molecule has 1 rings (SSSR count). The van der Waals surface area contributed by atoms with Gasteiger partial charge in [0.25, 0.3) is 0 Å². The van der Waals surface area contributed by atoms with Gasteiger partial charge in [-0.25, -0.2) is 4.34 Å². The van der Waals surface area contributed by atoms with Gasteiger partial charge >= 0.3 is 18.6 Å². The molecule has 1 heterocycles. The van der Waals surface area contributed by atoms with Crippen LogP contribution in [0.25, 0.3) is 0 Å². The first kappa shape index (κ1) is 18.2. The molecule has 0 amide bonds. The van der Waals surface area contributed by atoms with Crippen molar-refractivity contribution in [1.29, 1.82) is 0 Å². The smallest absolute Gasteiger partial charge is 0.293 e. The van der Waals surface area contributed by atoms with Crippen LogP contribution in [0.1, 0.15) is 55.4 Å². The second-order valence-corrected chi connectivity index (χ2v) is 10.7. The zero-order valence-electron chi connectivity index (χ0n) is 14.2. The van der Waals surface area contributed by atoms with E-state index in [1.165, 1.54) is 0 Å². The van der Waals surface area contributed by atoms with Gasteiger partial charge in [-0.2, -0.15) is 0 Å². The first-order valence-corrected chi connectivity index (χ1v) is 10.3. The van der Waals surface area contributed by atoms with Gasteiger partial charge in [-0.15, -0.1) is 0 Å². The van der Waals surface area contributed by atoms with Crippen molar-refractivity contribution in [2.45, 2.75) is 79.6 Å². The summed E-state index contributed by atoms with van der Waals surface area (Å²) in [6, 6.07) is 1.93. The Labute approximate surface area is 128 Å². The van der Waals surface area contributed by atoms with E-state index in [0.717, 1.165) is 0 Å². The molecule has 0 spiro atoms.